The number of nitrogens with one attached hydrogen (secondary N) is 1. The molecule has 2 heterocycles. The second-order valence-electron chi connectivity index (χ2n) is 13.8. The lowest BCUT2D eigenvalue weighted by Crippen LogP contribution is -2.41. The Morgan fingerprint density at radius 3 is 1.83 bits per heavy atom. The monoisotopic (exact) mass is 800 g/mol. The molecule has 1 aliphatic heterocycles. The molecule has 1 aliphatic rings. The average Bonchev–Trinajstić information content (AvgIpc) is 3.50. The first-order chi connectivity index (χ1) is 25.4. The molecule has 2 aromatic carbocycles. The number of aromatic amines is 1. The van der Waals surface area contributed by atoms with E-state index in [1.165, 1.54) is 81.4 Å². The van der Waals surface area contributed by atoms with Crippen molar-refractivity contribution >= 4 is 34.5 Å². The first-order valence-electron chi connectivity index (χ1n) is 19.2. The third-order valence-corrected chi connectivity index (χ3v) is 10.6. The topological polar surface area (TPSA) is 109 Å². The van der Waals surface area contributed by atoms with Crippen LogP contribution in [0.25, 0.3) is 0 Å². The number of esters is 1. The van der Waals surface area contributed by atoms with Gasteiger partial charge in [0.2, 0.25) is 0 Å². The summed E-state index contributed by atoms with van der Waals surface area (Å²) in [5, 5.41) is -0.555. The molecule has 4 rings (SSSR count). The summed E-state index contributed by atoms with van der Waals surface area (Å²) in [5.41, 5.74) is 0.655. The number of benzene rings is 2. The molecule has 0 spiro atoms. The van der Waals surface area contributed by atoms with Crippen molar-refractivity contribution in [1.82, 2.24) is 9.55 Å². The maximum Gasteiger partial charge on any atom is 0.330 e. The Kier molecular flexibility index (Phi) is 19.3. The van der Waals surface area contributed by atoms with E-state index in [9.17, 15) is 14.4 Å². The Morgan fingerprint density at radius 2 is 1.29 bits per heavy atom. The molecule has 3 aromatic rings. The van der Waals surface area contributed by atoms with Gasteiger partial charge in [0, 0.05) is 6.20 Å². The summed E-state index contributed by atoms with van der Waals surface area (Å²) in [7, 11) is 0. The molecule has 0 radical (unpaired) electrons. The molecule has 1 N–H and O–H groups in total. The Bertz CT molecular complexity index is 1550. The molecule has 1 aromatic heterocycles. The Morgan fingerprint density at radius 1 is 0.788 bits per heavy atom. The molecule has 286 valence electrons. The quantitative estimate of drug-likeness (QED) is 0.0500. The number of H-pyrrole nitrogens is 1. The minimum absolute atomic E-state index is 0.116. The second-order valence-corrected chi connectivity index (χ2v) is 15.2. The van der Waals surface area contributed by atoms with Gasteiger partial charge >= 0.3 is 11.7 Å². The maximum absolute atomic E-state index is 13.1. The first-order valence-corrected chi connectivity index (χ1v) is 20.5. The molecule has 0 bridgehead atoms. The van der Waals surface area contributed by atoms with Crippen LogP contribution < -0.4 is 11.2 Å². The number of carbonyl (C=O) groups is 1. The van der Waals surface area contributed by atoms with E-state index in [4.69, 9.17) is 18.9 Å². The van der Waals surface area contributed by atoms with Crippen molar-refractivity contribution in [2.75, 3.05) is 6.61 Å². The molecule has 1 unspecified atom stereocenters. The summed E-state index contributed by atoms with van der Waals surface area (Å²) >= 11 is 7.80. The molecule has 0 amide bonds. The van der Waals surface area contributed by atoms with Crippen molar-refractivity contribution in [3.05, 3.63) is 103 Å². The number of hydrogen-bond acceptors (Lipinski definition) is 8. The lowest BCUT2D eigenvalue weighted by Gasteiger charge is -2.25. The molecule has 0 saturated carbocycles. The van der Waals surface area contributed by atoms with Crippen molar-refractivity contribution < 1.29 is 23.7 Å². The zero-order valence-electron chi connectivity index (χ0n) is 30.6. The van der Waals surface area contributed by atoms with Crippen LogP contribution in [-0.4, -0.2) is 45.7 Å². The summed E-state index contributed by atoms with van der Waals surface area (Å²) < 4.78 is 26.5. The summed E-state index contributed by atoms with van der Waals surface area (Å²) in [6, 6.07) is 19.3. The van der Waals surface area contributed by atoms with E-state index in [0.717, 1.165) is 30.4 Å². The van der Waals surface area contributed by atoms with Crippen LogP contribution in [-0.2, 0) is 37.0 Å². The Labute approximate surface area is 322 Å². The predicted octanol–water partition coefficient (Wildman–Crippen LogP) is 9.08. The van der Waals surface area contributed by atoms with E-state index in [0.29, 0.717) is 6.42 Å². The van der Waals surface area contributed by atoms with Crippen molar-refractivity contribution in [1.29, 1.82) is 0 Å². The van der Waals surface area contributed by atoms with E-state index < -0.39 is 47.0 Å². The van der Waals surface area contributed by atoms with E-state index in [1.807, 2.05) is 60.7 Å². The lowest BCUT2D eigenvalue weighted by molar-refractivity contribution is -0.150. The summed E-state index contributed by atoms with van der Waals surface area (Å²) in [4.78, 5) is 40.6. The van der Waals surface area contributed by atoms with Gasteiger partial charge < -0.3 is 18.9 Å². The zero-order valence-corrected chi connectivity index (χ0v) is 33.1. The number of thiol groups is 1. The van der Waals surface area contributed by atoms with Gasteiger partial charge in [-0.1, -0.05) is 157 Å². The fourth-order valence-electron chi connectivity index (χ4n) is 6.54. The van der Waals surface area contributed by atoms with Crippen molar-refractivity contribution in [3.8, 4) is 0 Å². The Balaban J connectivity index is 1.30. The average molecular weight is 802 g/mol. The SMILES string of the molecule is CCCCCCCCCCCCCCCCC(S)C(=O)OC[C@H]1O[C@@H](n2cc(Br)c(=O)[nH]c2=O)[C@H](OCc2ccccc2)[C@@H]1OCc1ccccc1. The van der Waals surface area contributed by atoms with Crippen LogP contribution in [0.3, 0.4) is 0 Å². The number of aromatic nitrogens is 2. The van der Waals surface area contributed by atoms with Crippen molar-refractivity contribution in [2.45, 2.75) is 146 Å². The van der Waals surface area contributed by atoms with Gasteiger partial charge in [-0.05, 0) is 33.5 Å². The molecule has 1 fully saturated rings. The summed E-state index contributed by atoms with van der Waals surface area (Å²) in [6.45, 7) is 2.61. The number of ether oxygens (including phenoxy) is 4. The predicted molar refractivity (Wildman–Crippen MR) is 212 cm³/mol. The van der Waals surface area contributed by atoms with Crippen LogP contribution in [0.1, 0.15) is 121 Å². The molecular formula is C41H57BrN2O7S. The molecular weight excluding hydrogens is 744 g/mol. The highest BCUT2D eigenvalue weighted by atomic mass is 79.9. The van der Waals surface area contributed by atoms with Gasteiger partial charge in [0.1, 0.15) is 24.9 Å². The van der Waals surface area contributed by atoms with E-state index in [1.54, 1.807) is 0 Å². The molecule has 11 heteroatoms. The van der Waals surface area contributed by atoms with Gasteiger partial charge in [-0.3, -0.25) is 19.1 Å². The van der Waals surface area contributed by atoms with Crippen LogP contribution in [0.5, 0.6) is 0 Å². The Hall–Kier alpha value is -2.70. The van der Waals surface area contributed by atoms with Crippen LogP contribution in [0.4, 0.5) is 0 Å². The second kappa shape index (κ2) is 23.9. The lowest BCUT2D eigenvalue weighted by atomic mass is 10.0. The third kappa shape index (κ3) is 14.3. The van der Waals surface area contributed by atoms with Gasteiger partial charge in [-0.15, -0.1) is 0 Å². The van der Waals surface area contributed by atoms with Crippen LogP contribution in [0.15, 0.2) is 80.9 Å². The highest BCUT2D eigenvalue weighted by Crippen LogP contribution is 2.35. The smallest absolute Gasteiger partial charge is 0.330 e. The highest BCUT2D eigenvalue weighted by Gasteiger charge is 2.48. The minimum atomic E-state index is -0.976. The number of nitrogens with zero attached hydrogens (tertiary/aromatic N) is 1. The van der Waals surface area contributed by atoms with Gasteiger partial charge in [-0.25, -0.2) is 4.79 Å². The van der Waals surface area contributed by atoms with E-state index >= 15 is 0 Å². The zero-order chi connectivity index (χ0) is 37.0. The van der Waals surface area contributed by atoms with Crippen molar-refractivity contribution in [2.24, 2.45) is 0 Å². The molecule has 1 saturated heterocycles. The largest absolute Gasteiger partial charge is 0.462 e. The molecule has 52 heavy (non-hydrogen) atoms. The van der Waals surface area contributed by atoms with Crippen LogP contribution >= 0.6 is 28.6 Å². The van der Waals surface area contributed by atoms with Gasteiger partial charge in [0.25, 0.3) is 5.56 Å². The van der Waals surface area contributed by atoms with E-state index in [-0.39, 0.29) is 24.3 Å². The standard InChI is InChI=1S/C41H57BrN2O7S/c1-2-3-4-5-6-7-8-9-10-11-12-13-14-21-26-35(52)40(46)50-30-34-36(48-28-31-22-17-15-18-23-31)37(49-29-32-24-19-16-20-25-32)39(51-34)44-27-33(42)38(45)43-41(44)47/h15-20,22-25,27,34-37,39,52H,2-14,21,26,28-30H2,1H3,(H,43,45,47)/t34-,35?,36-,37-,39-/m1/s1. The number of hydrogen-bond donors (Lipinski definition) is 2. The normalized spacial score (nSPS) is 19.1. The van der Waals surface area contributed by atoms with E-state index in [2.05, 4.69) is 40.5 Å². The number of carbonyl (C=O) groups excluding carboxylic acids is 1. The number of rotatable bonds is 25. The van der Waals surface area contributed by atoms with Crippen molar-refractivity contribution in [3.63, 3.8) is 0 Å². The highest BCUT2D eigenvalue weighted by molar-refractivity contribution is 9.10. The molecule has 9 nitrogen and oxygen atoms in total. The summed E-state index contributed by atoms with van der Waals surface area (Å²) in [6.07, 6.45) is 16.6. The molecule has 5 atom stereocenters. The van der Waals surface area contributed by atoms with Gasteiger partial charge in [0.15, 0.2) is 6.23 Å². The first kappa shape index (κ1) is 42.0. The fourth-order valence-corrected chi connectivity index (χ4v) is 7.12. The number of unbranched alkanes of at least 4 members (excludes halogenated alkanes) is 13. The summed E-state index contributed by atoms with van der Waals surface area (Å²) in [5.74, 6) is -0.419. The molecule has 0 aliphatic carbocycles. The number of halogens is 1. The fraction of sp³-hybridized carbons (Fsp3) is 0.585. The van der Waals surface area contributed by atoms with Crippen LogP contribution in [0.2, 0.25) is 0 Å². The minimum Gasteiger partial charge on any atom is -0.462 e. The third-order valence-electron chi connectivity index (χ3n) is 9.55. The maximum atomic E-state index is 13.1. The van der Waals surface area contributed by atoms with Gasteiger partial charge in [-0.2, -0.15) is 12.6 Å². The van der Waals surface area contributed by atoms with Gasteiger partial charge in [0.05, 0.1) is 22.9 Å². The van der Waals surface area contributed by atoms with Crippen LogP contribution in [0, 0.1) is 0 Å².